The largest absolute Gasteiger partial charge is 0.416 e. The quantitative estimate of drug-likeness (QED) is 0.510. The van der Waals surface area contributed by atoms with Crippen LogP contribution in [0.5, 0.6) is 0 Å². The molecule has 0 saturated heterocycles. The number of nitrogens with zero attached hydrogens (tertiary/aromatic N) is 5. The molecule has 3 heterocycles. The highest BCUT2D eigenvalue weighted by molar-refractivity contribution is 5.96. The first-order valence-corrected chi connectivity index (χ1v) is 10.0. The first-order chi connectivity index (χ1) is 15.1. The average Bonchev–Trinajstić information content (AvgIpc) is 3.35. The molecule has 0 spiro atoms. The number of nitrogens with two attached hydrogens (primary N) is 1. The van der Waals surface area contributed by atoms with Crippen molar-refractivity contribution in [3.05, 3.63) is 64.9 Å². The fraction of sp³-hybridized carbons (Fsp3) is 0.273. The number of halogens is 3. The number of amides is 1. The summed E-state index contributed by atoms with van der Waals surface area (Å²) < 4.78 is 40.9. The van der Waals surface area contributed by atoms with Gasteiger partial charge in [0.05, 0.1) is 29.0 Å². The highest BCUT2D eigenvalue weighted by atomic mass is 19.4. The van der Waals surface area contributed by atoms with E-state index in [1.54, 1.807) is 23.8 Å². The first-order valence-electron chi connectivity index (χ1n) is 10.0. The average molecular weight is 440 g/mol. The van der Waals surface area contributed by atoms with Crippen LogP contribution in [0.2, 0.25) is 0 Å². The minimum atomic E-state index is -4.39. The lowest BCUT2D eigenvalue weighted by Crippen LogP contribution is -2.30. The molecule has 4 aromatic rings. The van der Waals surface area contributed by atoms with E-state index in [-0.39, 0.29) is 17.6 Å². The number of nitrogen functional groups attached to an aromatic ring is 1. The summed E-state index contributed by atoms with van der Waals surface area (Å²) in [6, 6.07) is 5.03. The summed E-state index contributed by atoms with van der Waals surface area (Å²) in [5, 5.41) is 0. The number of imidazole rings is 1. The third kappa shape index (κ3) is 3.05. The zero-order chi connectivity index (χ0) is 22.8. The lowest BCUT2D eigenvalue weighted by Gasteiger charge is -2.25. The van der Waals surface area contributed by atoms with Crippen LogP contribution in [0.3, 0.4) is 0 Å². The molecule has 2 N–H and O–H groups in total. The Labute approximate surface area is 180 Å². The molecule has 0 fully saturated rings. The van der Waals surface area contributed by atoms with Crippen LogP contribution in [-0.4, -0.2) is 37.2 Å². The fourth-order valence-corrected chi connectivity index (χ4v) is 4.44. The predicted octanol–water partition coefficient (Wildman–Crippen LogP) is 3.95. The number of aryl methyl sites for hydroxylation is 2. The molecule has 0 saturated carbocycles. The van der Waals surface area contributed by atoms with Gasteiger partial charge >= 0.3 is 6.18 Å². The molecule has 0 aliphatic heterocycles. The Morgan fingerprint density at radius 1 is 1.25 bits per heavy atom. The zero-order valence-corrected chi connectivity index (χ0v) is 17.3. The van der Waals surface area contributed by atoms with Gasteiger partial charge in [-0.15, -0.1) is 0 Å². The number of carbonyl (C=O) groups excluding carboxylic acids is 1. The smallest absolute Gasteiger partial charge is 0.382 e. The van der Waals surface area contributed by atoms with Crippen molar-refractivity contribution in [3.8, 4) is 0 Å². The molecule has 164 valence electrons. The zero-order valence-electron chi connectivity index (χ0n) is 17.3. The Bertz CT molecular complexity index is 1390. The second-order valence-corrected chi connectivity index (χ2v) is 7.99. The van der Waals surface area contributed by atoms with Gasteiger partial charge in [0.25, 0.3) is 5.91 Å². The monoisotopic (exact) mass is 440 g/mol. The Balaban J connectivity index is 1.50. The van der Waals surface area contributed by atoms with Crippen molar-refractivity contribution >= 4 is 28.3 Å². The first kappa shape index (κ1) is 20.2. The third-order valence-electron chi connectivity index (χ3n) is 6.08. The minimum absolute atomic E-state index is 0.208. The van der Waals surface area contributed by atoms with Crippen molar-refractivity contribution < 1.29 is 18.0 Å². The van der Waals surface area contributed by atoms with E-state index < -0.39 is 11.7 Å². The Kier molecular flexibility index (Phi) is 4.37. The van der Waals surface area contributed by atoms with E-state index in [9.17, 15) is 18.0 Å². The number of hydrogen-bond acceptors (Lipinski definition) is 5. The van der Waals surface area contributed by atoms with Crippen molar-refractivity contribution in [2.45, 2.75) is 32.0 Å². The Morgan fingerprint density at radius 2 is 2.03 bits per heavy atom. The van der Waals surface area contributed by atoms with Gasteiger partial charge in [0.1, 0.15) is 23.1 Å². The summed E-state index contributed by atoms with van der Waals surface area (Å²) in [6.45, 7) is 1.82. The van der Waals surface area contributed by atoms with Crippen LogP contribution in [0.15, 0.2) is 36.8 Å². The van der Waals surface area contributed by atoms with E-state index >= 15 is 0 Å². The third-order valence-corrected chi connectivity index (χ3v) is 6.08. The number of hydrogen-bond donors (Lipinski definition) is 1. The molecule has 0 radical (unpaired) electrons. The van der Waals surface area contributed by atoms with Crippen LogP contribution in [-0.2, 0) is 12.6 Å². The van der Waals surface area contributed by atoms with E-state index in [2.05, 4.69) is 15.0 Å². The Morgan fingerprint density at radius 3 is 2.78 bits per heavy atom. The number of pyridine rings is 1. The molecule has 1 aliphatic carbocycles. The molecular weight excluding hydrogens is 421 g/mol. The van der Waals surface area contributed by atoms with Gasteiger partial charge in [-0.05, 0) is 49.1 Å². The van der Waals surface area contributed by atoms with Crippen LogP contribution >= 0.6 is 0 Å². The maximum Gasteiger partial charge on any atom is 0.416 e. The van der Waals surface area contributed by atoms with Gasteiger partial charge in [0.2, 0.25) is 0 Å². The molecule has 1 aromatic carbocycles. The molecule has 10 heteroatoms. The van der Waals surface area contributed by atoms with Gasteiger partial charge < -0.3 is 10.6 Å². The maximum atomic E-state index is 13.2. The van der Waals surface area contributed by atoms with Gasteiger partial charge in [0, 0.05) is 7.05 Å². The number of anilines is 1. The molecule has 1 unspecified atom stereocenters. The van der Waals surface area contributed by atoms with Crippen molar-refractivity contribution in [2.24, 2.45) is 0 Å². The second kappa shape index (κ2) is 6.91. The Hall–Kier alpha value is -3.69. The van der Waals surface area contributed by atoms with Crippen LogP contribution in [0.25, 0.3) is 16.6 Å². The number of fused-ring (bicyclic) bond motifs is 4. The van der Waals surface area contributed by atoms with Gasteiger partial charge in [-0.1, -0.05) is 6.07 Å². The van der Waals surface area contributed by atoms with E-state index in [1.807, 2.05) is 6.92 Å². The summed E-state index contributed by atoms with van der Waals surface area (Å²) in [4.78, 5) is 27.7. The number of carbonyl (C=O) groups is 1. The summed E-state index contributed by atoms with van der Waals surface area (Å²) in [5.74, 6) is -0.00209. The van der Waals surface area contributed by atoms with Crippen LogP contribution < -0.4 is 5.73 Å². The molecule has 5 rings (SSSR count). The summed E-state index contributed by atoms with van der Waals surface area (Å²) in [6.07, 6.45) is -0.257. The van der Waals surface area contributed by atoms with Crippen molar-refractivity contribution in [1.82, 2.24) is 24.3 Å². The second-order valence-electron chi connectivity index (χ2n) is 7.99. The predicted molar refractivity (Wildman–Crippen MR) is 112 cm³/mol. The van der Waals surface area contributed by atoms with E-state index in [0.29, 0.717) is 40.8 Å². The van der Waals surface area contributed by atoms with Crippen molar-refractivity contribution in [1.29, 1.82) is 0 Å². The normalized spacial score (nSPS) is 16.0. The van der Waals surface area contributed by atoms with Crippen molar-refractivity contribution in [3.63, 3.8) is 0 Å². The van der Waals surface area contributed by atoms with E-state index in [0.717, 1.165) is 17.3 Å². The van der Waals surface area contributed by atoms with Crippen LogP contribution in [0, 0.1) is 6.92 Å². The van der Waals surface area contributed by atoms with Crippen LogP contribution in [0.1, 0.15) is 45.3 Å². The van der Waals surface area contributed by atoms with Gasteiger partial charge in [-0.2, -0.15) is 13.2 Å². The summed E-state index contributed by atoms with van der Waals surface area (Å²) in [7, 11) is 1.64. The summed E-state index contributed by atoms with van der Waals surface area (Å²) >= 11 is 0. The lowest BCUT2D eigenvalue weighted by molar-refractivity contribution is -0.137. The number of aromatic nitrogens is 4. The molecular formula is C22H19F3N6O. The number of rotatable bonds is 2. The molecule has 0 bridgehead atoms. The highest BCUT2D eigenvalue weighted by Gasteiger charge is 2.35. The number of alkyl halides is 3. The number of benzene rings is 1. The lowest BCUT2D eigenvalue weighted by atomic mass is 10.0. The topological polar surface area (TPSA) is 89.4 Å². The standard InChI is InChI=1S/C22H19F3N6O/c1-11-19-20(26)29-16-9-27-15(8-18(16)31(19)10-28-11)21(32)30(2)17-6-3-12-7-13(22(23,24)25)4-5-14(12)17/h4-5,7-10,17H,3,6H2,1-2H3,(H2,26,29). The molecule has 7 nitrogen and oxygen atoms in total. The molecule has 1 amide bonds. The summed E-state index contributed by atoms with van der Waals surface area (Å²) in [5.41, 5.74) is 9.48. The SMILES string of the molecule is Cc1ncn2c1c(N)nc1cnc(C(=O)N(C)C3CCc4cc(C(F)(F)F)ccc43)cc12. The van der Waals surface area contributed by atoms with Gasteiger partial charge in [-0.3, -0.25) is 9.20 Å². The molecule has 1 atom stereocenters. The molecule has 32 heavy (non-hydrogen) atoms. The minimum Gasteiger partial charge on any atom is -0.382 e. The van der Waals surface area contributed by atoms with Crippen LogP contribution in [0.4, 0.5) is 19.0 Å². The molecule has 3 aromatic heterocycles. The van der Waals surface area contributed by atoms with E-state index in [1.165, 1.54) is 23.2 Å². The van der Waals surface area contributed by atoms with Gasteiger partial charge in [0.15, 0.2) is 5.82 Å². The fourth-order valence-electron chi connectivity index (χ4n) is 4.44. The van der Waals surface area contributed by atoms with E-state index in [4.69, 9.17) is 5.73 Å². The molecule has 1 aliphatic rings. The highest BCUT2D eigenvalue weighted by Crippen LogP contribution is 2.39. The van der Waals surface area contributed by atoms with Crippen molar-refractivity contribution in [2.75, 3.05) is 12.8 Å². The maximum absolute atomic E-state index is 13.2. The van der Waals surface area contributed by atoms with Gasteiger partial charge in [-0.25, -0.2) is 15.0 Å².